The monoisotopic (exact) mass is 612 g/mol. The first-order valence-electron chi connectivity index (χ1n) is 12.7. The topological polar surface area (TPSA) is 98.8 Å². The smallest absolute Gasteiger partial charge is 0.272 e. The van der Waals surface area contributed by atoms with Crippen LogP contribution in [0.25, 0.3) is 0 Å². The summed E-state index contributed by atoms with van der Waals surface area (Å²) < 4.78 is 0.553. The van der Waals surface area contributed by atoms with Gasteiger partial charge in [-0.05, 0) is 75.2 Å². The van der Waals surface area contributed by atoms with Crippen molar-refractivity contribution >= 4 is 91.6 Å². The second kappa shape index (κ2) is 12.6. The Morgan fingerprint density at radius 1 is 0.700 bits per heavy atom. The number of anilines is 2. The first kappa shape index (κ1) is 29.9. The summed E-state index contributed by atoms with van der Waals surface area (Å²) in [6, 6.07) is 13.3. The lowest BCUT2D eigenvalue weighted by atomic mass is 10.1. The van der Waals surface area contributed by atoms with E-state index in [1.807, 2.05) is 27.7 Å². The number of hydrogen-bond donors (Lipinski definition) is 2. The molecular formula is C28H28N4O4S4. The van der Waals surface area contributed by atoms with Crippen LogP contribution < -0.4 is 20.4 Å². The second-order valence-corrected chi connectivity index (χ2v) is 12.6. The van der Waals surface area contributed by atoms with Gasteiger partial charge in [0.2, 0.25) is 0 Å². The van der Waals surface area contributed by atoms with Gasteiger partial charge < -0.3 is 10.6 Å². The van der Waals surface area contributed by atoms with E-state index < -0.39 is 11.8 Å². The van der Waals surface area contributed by atoms with Crippen LogP contribution >= 0.6 is 48.0 Å². The van der Waals surface area contributed by atoms with E-state index in [2.05, 4.69) is 10.6 Å². The Hall–Kier alpha value is -3.06. The van der Waals surface area contributed by atoms with E-state index in [4.69, 9.17) is 24.4 Å². The lowest BCUT2D eigenvalue weighted by Gasteiger charge is -2.16. The summed E-state index contributed by atoms with van der Waals surface area (Å²) in [6.45, 7) is 7.83. The fourth-order valence-corrected chi connectivity index (χ4v) is 6.55. The van der Waals surface area contributed by atoms with Gasteiger partial charge in [0.15, 0.2) is 8.64 Å². The Morgan fingerprint density at radius 2 is 1.02 bits per heavy atom. The van der Waals surface area contributed by atoms with Gasteiger partial charge in [-0.25, -0.2) is 0 Å². The van der Waals surface area contributed by atoms with Gasteiger partial charge in [0, 0.05) is 23.2 Å². The predicted molar refractivity (Wildman–Crippen MR) is 170 cm³/mol. The Bertz CT molecular complexity index is 1320. The first-order chi connectivity index (χ1) is 19.0. The van der Waals surface area contributed by atoms with Crippen LogP contribution in [0.15, 0.2) is 58.3 Å². The first-order valence-corrected chi connectivity index (χ1v) is 15.2. The third-order valence-electron chi connectivity index (χ3n) is 6.50. The molecule has 2 fully saturated rings. The molecule has 2 heterocycles. The highest BCUT2D eigenvalue weighted by Gasteiger charge is 2.43. The number of hydrogen-bond acceptors (Lipinski definition) is 8. The molecule has 2 aliphatic rings. The van der Waals surface area contributed by atoms with Gasteiger partial charge in [0.25, 0.3) is 23.6 Å². The average molecular weight is 613 g/mol. The van der Waals surface area contributed by atoms with E-state index in [9.17, 15) is 19.2 Å². The van der Waals surface area contributed by atoms with E-state index in [-0.39, 0.29) is 42.3 Å². The summed E-state index contributed by atoms with van der Waals surface area (Å²) in [7, 11) is 0. The maximum atomic E-state index is 13.4. The molecule has 8 nitrogen and oxygen atoms in total. The molecule has 0 spiro atoms. The molecule has 2 aliphatic heterocycles. The minimum absolute atomic E-state index is 0.0460. The normalized spacial score (nSPS) is 18.8. The van der Waals surface area contributed by atoms with E-state index in [1.165, 1.54) is 9.80 Å². The molecule has 2 saturated heterocycles. The zero-order chi connectivity index (χ0) is 29.1. The molecule has 2 aromatic carbocycles. The Labute approximate surface area is 252 Å². The number of carbonyl (C=O) groups excluding carboxylic acids is 4. The summed E-state index contributed by atoms with van der Waals surface area (Å²) in [6.07, 6.45) is 1.63. The third-order valence-corrected chi connectivity index (χ3v) is 9.37. The maximum absolute atomic E-state index is 13.4. The number of nitrogens with one attached hydrogen (secondary N) is 2. The van der Waals surface area contributed by atoms with Gasteiger partial charge in [0.1, 0.15) is 0 Å². The van der Waals surface area contributed by atoms with Crippen LogP contribution in [0.4, 0.5) is 11.4 Å². The van der Waals surface area contributed by atoms with Gasteiger partial charge in [0.05, 0.1) is 21.2 Å². The van der Waals surface area contributed by atoms with Crippen LogP contribution in [0.1, 0.15) is 61.3 Å². The van der Waals surface area contributed by atoms with E-state index in [0.29, 0.717) is 22.5 Å². The molecule has 0 aliphatic carbocycles. The van der Waals surface area contributed by atoms with Crippen LogP contribution in [-0.2, 0) is 9.59 Å². The van der Waals surface area contributed by atoms with E-state index in [1.54, 1.807) is 48.5 Å². The highest BCUT2D eigenvalue weighted by atomic mass is 32.2. The van der Waals surface area contributed by atoms with Gasteiger partial charge >= 0.3 is 0 Å². The standard InChI is InChI=1S/C28H28N4O4S4/c1-5-15(3)29-23(33)17-7-11-19(12-8-17)31-25(35)21(39-27(31)37)22-26(36)32(28(38)40-22)20-13-9-18(10-14-20)24(34)30-16(4)6-2/h7-16H,5-6H2,1-4H3,(H,29,33)(H,30,34)/b22-21+. The lowest BCUT2D eigenvalue weighted by molar-refractivity contribution is -0.115. The molecule has 0 saturated carbocycles. The molecule has 0 radical (unpaired) electrons. The van der Waals surface area contributed by atoms with E-state index in [0.717, 1.165) is 36.4 Å². The molecule has 2 unspecified atom stereocenters. The zero-order valence-corrected chi connectivity index (χ0v) is 25.6. The second-order valence-electron chi connectivity index (χ2n) is 9.33. The highest BCUT2D eigenvalue weighted by Crippen LogP contribution is 2.44. The van der Waals surface area contributed by atoms with Crippen molar-refractivity contribution in [2.45, 2.75) is 52.6 Å². The fraction of sp³-hybridized carbons (Fsp3) is 0.286. The number of thiocarbonyl (C=S) groups is 2. The number of thioether (sulfide) groups is 2. The number of benzene rings is 2. The Balaban J connectivity index is 1.53. The minimum atomic E-state index is -0.427. The van der Waals surface area contributed by atoms with E-state index >= 15 is 0 Å². The van der Waals surface area contributed by atoms with Crippen molar-refractivity contribution in [1.29, 1.82) is 0 Å². The molecule has 2 N–H and O–H groups in total. The van der Waals surface area contributed by atoms with Crippen LogP contribution in [-0.4, -0.2) is 44.4 Å². The largest absolute Gasteiger partial charge is 0.350 e. The SMILES string of the molecule is CCC(C)NC(=O)c1ccc(N2C(=O)/C(=C3\SC(=S)N(c4ccc(C(=O)NC(C)CC)cc4)C3=O)SC2=S)cc1. The molecule has 2 aromatic rings. The molecule has 4 rings (SSSR count). The fourth-order valence-electron chi connectivity index (χ4n) is 3.80. The summed E-state index contributed by atoms with van der Waals surface area (Å²) in [5, 5.41) is 5.82. The van der Waals surface area contributed by atoms with Gasteiger partial charge in [-0.3, -0.25) is 29.0 Å². The maximum Gasteiger partial charge on any atom is 0.272 e. The lowest BCUT2D eigenvalue weighted by Crippen LogP contribution is -2.32. The number of nitrogens with zero attached hydrogens (tertiary/aromatic N) is 2. The molecule has 2 atom stereocenters. The van der Waals surface area contributed by atoms with Crippen molar-refractivity contribution in [3.05, 3.63) is 69.5 Å². The summed E-state index contributed by atoms with van der Waals surface area (Å²) >= 11 is 13.1. The molecular weight excluding hydrogens is 585 g/mol. The quantitative estimate of drug-likeness (QED) is 0.303. The van der Waals surface area contributed by atoms with Gasteiger partial charge in [-0.15, -0.1) is 0 Å². The number of carbonyl (C=O) groups is 4. The Morgan fingerprint density at radius 3 is 1.32 bits per heavy atom. The van der Waals surface area contributed by atoms with Crippen LogP contribution in [0, 0.1) is 0 Å². The third kappa shape index (κ3) is 6.14. The van der Waals surface area contributed by atoms with Crippen LogP contribution in [0.5, 0.6) is 0 Å². The van der Waals surface area contributed by atoms with Crippen molar-refractivity contribution in [3.8, 4) is 0 Å². The molecule has 0 bridgehead atoms. The van der Waals surface area contributed by atoms with Crippen LogP contribution in [0.2, 0.25) is 0 Å². The van der Waals surface area contributed by atoms with Crippen LogP contribution in [0.3, 0.4) is 0 Å². The van der Waals surface area contributed by atoms with Gasteiger partial charge in [-0.1, -0.05) is 61.8 Å². The minimum Gasteiger partial charge on any atom is -0.350 e. The van der Waals surface area contributed by atoms with Crippen molar-refractivity contribution in [3.63, 3.8) is 0 Å². The molecule has 0 aromatic heterocycles. The Kier molecular flexibility index (Phi) is 9.44. The van der Waals surface area contributed by atoms with Crippen molar-refractivity contribution in [2.24, 2.45) is 0 Å². The van der Waals surface area contributed by atoms with Gasteiger partial charge in [-0.2, -0.15) is 0 Å². The van der Waals surface area contributed by atoms with Crippen molar-refractivity contribution < 1.29 is 19.2 Å². The number of amides is 4. The van der Waals surface area contributed by atoms with Crippen molar-refractivity contribution in [2.75, 3.05) is 9.80 Å². The summed E-state index contributed by atoms with van der Waals surface area (Å²) in [5.74, 6) is -1.24. The zero-order valence-electron chi connectivity index (χ0n) is 22.3. The predicted octanol–water partition coefficient (Wildman–Crippen LogP) is 5.38. The summed E-state index contributed by atoms with van der Waals surface area (Å²) in [5.41, 5.74) is 1.94. The molecule has 40 heavy (non-hydrogen) atoms. The molecule has 12 heteroatoms. The molecule has 208 valence electrons. The summed E-state index contributed by atoms with van der Waals surface area (Å²) in [4.78, 5) is 54.8. The average Bonchev–Trinajstić information content (AvgIpc) is 3.41. The van der Waals surface area contributed by atoms with Crippen molar-refractivity contribution in [1.82, 2.24) is 10.6 Å². The highest BCUT2D eigenvalue weighted by molar-refractivity contribution is 8.30. The molecule has 4 amide bonds. The number of rotatable bonds is 8.